The lowest BCUT2D eigenvalue weighted by molar-refractivity contribution is -0.151. The third-order valence-electron chi connectivity index (χ3n) is 5.64. The molecule has 0 bridgehead atoms. The highest BCUT2D eigenvalue weighted by Crippen LogP contribution is 2.29. The maximum absolute atomic E-state index is 12.4. The number of hydrogen-bond acceptors (Lipinski definition) is 4. The van der Waals surface area contributed by atoms with E-state index in [0.29, 0.717) is 17.5 Å². The summed E-state index contributed by atoms with van der Waals surface area (Å²) < 4.78 is 5.19. The van der Waals surface area contributed by atoms with Crippen LogP contribution in [0.25, 0.3) is 0 Å². The molecule has 3 N–H and O–H groups in total. The van der Waals surface area contributed by atoms with Gasteiger partial charge >= 0.3 is 12.0 Å². The molecule has 160 valence electrons. The molecule has 2 rings (SSSR count). The van der Waals surface area contributed by atoms with Crippen molar-refractivity contribution in [2.45, 2.75) is 59.0 Å². The summed E-state index contributed by atoms with van der Waals surface area (Å²) in [6.45, 7) is 7.61. The molecule has 0 aliphatic heterocycles. The molecule has 7 nitrogen and oxygen atoms in total. The van der Waals surface area contributed by atoms with Gasteiger partial charge in [0.15, 0.2) is 6.61 Å². The Morgan fingerprint density at radius 2 is 1.79 bits per heavy atom. The van der Waals surface area contributed by atoms with Crippen LogP contribution in [-0.4, -0.2) is 36.6 Å². The van der Waals surface area contributed by atoms with Gasteiger partial charge in [0.2, 0.25) is 0 Å². The Morgan fingerprint density at radius 3 is 2.45 bits per heavy atom. The number of hydrogen-bond donors (Lipinski definition) is 3. The fraction of sp³-hybridized carbons (Fsp3) is 0.591. The Labute approximate surface area is 173 Å². The summed E-state index contributed by atoms with van der Waals surface area (Å²) in [6.07, 6.45) is 3.21. The van der Waals surface area contributed by atoms with Crippen LogP contribution in [0.2, 0.25) is 0 Å². The molecule has 0 saturated heterocycles. The Morgan fingerprint density at radius 1 is 1.10 bits per heavy atom. The van der Waals surface area contributed by atoms with Crippen molar-refractivity contribution >= 4 is 23.6 Å². The molecule has 29 heavy (non-hydrogen) atoms. The minimum absolute atomic E-state index is 0.112. The van der Waals surface area contributed by atoms with Crippen LogP contribution in [0.15, 0.2) is 30.3 Å². The molecule has 0 radical (unpaired) electrons. The summed E-state index contributed by atoms with van der Waals surface area (Å²) in [5.74, 6) is -0.153. The molecule has 3 amide bonds. The number of carbonyl (C=O) groups is 3. The van der Waals surface area contributed by atoms with Crippen molar-refractivity contribution in [2.24, 2.45) is 17.8 Å². The van der Waals surface area contributed by atoms with E-state index < -0.39 is 18.0 Å². The number of esters is 1. The Kier molecular flexibility index (Phi) is 8.49. The van der Waals surface area contributed by atoms with Crippen molar-refractivity contribution in [3.8, 4) is 0 Å². The first-order valence-corrected chi connectivity index (χ1v) is 10.4. The summed E-state index contributed by atoms with van der Waals surface area (Å²) in [5, 5.41) is 8.28. The lowest BCUT2D eigenvalue weighted by Crippen LogP contribution is -2.48. The number of rotatable bonds is 7. The van der Waals surface area contributed by atoms with Crippen LogP contribution < -0.4 is 16.0 Å². The van der Waals surface area contributed by atoms with Gasteiger partial charge in [0.05, 0.1) is 0 Å². The van der Waals surface area contributed by atoms with Crippen LogP contribution in [-0.2, 0) is 14.3 Å². The van der Waals surface area contributed by atoms with Gasteiger partial charge < -0.3 is 20.7 Å². The van der Waals surface area contributed by atoms with Crippen LogP contribution in [0.1, 0.15) is 47.0 Å². The number of anilines is 1. The predicted octanol–water partition coefficient (Wildman–Crippen LogP) is 3.32. The van der Waals surface area contributed by atoms with E-state index in [0.717, 1.165) is 12.8 Å². The largest absolute Gasteiger partial charge is 0.454 e. The van der Waals surface area contributed by atoms with Crippen LogP contribution in [0.5, 0.6) is 0 Å². The van der Waals surface area contributed by atoms with Gasteiger partial charge in [0, 0.05) is 11.7 Å². The second-order valence-corrected chi connectivity index (χ2v) is 8.24. The number of para-hydroxylation sites is 1. The molecular formula is C22H33N3O4. The van der Waals surface area contributed by atoms with Crippen molar-refractivity contribution in [1.82, 2.24) is 10.6 Å². The lowest BCUT2D eigenvalue weighted by atomic mass is 9.78. The molecule has 4 atom stereocenters. The molecule has 7 heteroatoms. The number of ether oxygens (including phenoxy) is 1. The molecule has 1 aliphatic carbocycles. The number of nitrogens with one attached hydrogen (secondary N) is 3. The standard InChI is InChI=1S/C22H33N3O4/c1-14(2)20(25-22(28)23-17-10-6-5-7-11-17)21(27)29-13-19(26)24-18-12-8-9-15(3)16(18)4/h5-7,10-11,14-16,18,20H,8-9,12-13H2,1-4H3,(H,24,26)(H2,23,25,28)/t15-,16+,18-,20+/m0/s1. The van der Waals surface area contributed by atoms with Crippen molar-refractivity contribution in [1.29, 1.82) is 0 Å². The molecular weight excluding hydrogens is 370 g/mol. The lowest BCUT2D eigenvalue weighted by Gasteiger charge is -2.34. The predicted molar refractivity (Wildman–Crippen MR) is 112 cm³/mol. The summed E-state index contributed by atoms with van der Waals surface area (Å²) in [5.41, 5.74) is 0.621. The van der Waals surface area contributed by atoms with E-state index in [-0.39, 0.29) is 24.5 Å². The van der Waals surface area contributed by atoms with Gasteiger partial charge in [-0.1, -0.05) is 58.7 Å². The van der Waals surface area contributed by atoms with Crippen LogP contribution in [0.4, 0.5) is 10.5 Å². The second kappa shape index (κ2) is 10.8. The molecule has 1 fully saturated rings. The number of amides is 3. The average molecular weight is 404 g/mol. The Bertz CT molecular complexity index is 693. The maximum Gasteiger partial charge on any atom is 0.329 e. The monoisotopic (exact) mass is 403 g/mol. The van der Waals surface area contributed by atoms with Gasteiger partial charge in [-0.15, -0.1) is 0 Å². The van der Waals surface area contributed by atoms with Crippen LogP contribution in [0, 0.1) is 17.8 Å². The van der Waals surface area contributed by atoms with E-state index in [1.165, 1.54) is 6.42 Å². The molecule has 0 heterocycles. The van der Waals surface area contributed by atoms with Gasteiger partial charge in [-0.05, 0) is 36.3 Å². The number of benzene rings is 1. The van der Waals surface area contributed by atoms with E-state index in [2.05, 4.69) is 29.8 Å². The second-order valence-electron chi connectivity index (χ2n) is 8.24. The smallest absolute Gasteiger partial charge is 0.329 e. The highest BCUT2D eigenvalue weighted by atomic mass is 16.5. The molecule has 1 aromatic rings. The molecule has 0 unspecified atom stereocenters. The van der Waals surface area contributed by atoms with Gasteiger partial charge in [-0.25, -0.2) is 9.59 Å². The van der Waals surface area contributed by atoms with Crippen LogP contribution in [0.3, 0.4) is 0 Å². The number of carbonyl (C=O) groups excluding carboxylic acids is 3. The summed E-state index contributed by atoms with van der Waals surface area (Å²) in [6, 6.07) is 7.71. The zero-order valence-electron chi connectivity index (χ0n) is 17.7. The third-order valence-corrected chi connectivity index (χ3v) is 5.64. The Hall–Kier alpha value is -2.57. The SMILES string of the molecule is CC(C)[C@@H](NC(=O)Nc1ccccc1)C(=O)OCC(=O)N[C@H]1CCC[C@H](C)[C@H]1C. The molecule has 1 saturated carbocycles. The van der Waals surface area contributed by atoms with E-state index >= 15 is 0 Å². The van der Waals surface area contributed by atoms with Gasteiger partial charge in [0.25, 0.3) is 5.91 Å². The van der Waals surface area contributed by atoms with E-state index in [1.807, 2.05) is 6.07 Å². The van der Waals surface area contributed by atoms with Crippen LogP contribution >= 0.6 is 0 Å². The van der Waals surface area contributed by atoms with Crippen molar-refractivity contribution in [3.05, 3.63) is 30.3 Å². The van der Waals surface area contributed by atoms with E-state index in [4.69, 9.17) is 4.74 Å². The highest BCUT2D eigenvalue weighted by molar-refractivity contribution is 5.93. The Balaban J connectivity index is 1.82. The fourth-order valence-electron chi connectivity index (χ4n) is 3.59. The molecule has 0 spiro atoms. The fourth-order valence-corrected chi connectivity index (χ4v) is 3.59. The zero-order chi connectivity index (χ0) is 21.4. The molecule has 1 aromatic carbocycles. The molecule has 1 aliphatic rings. The summed E-state index contributed by atoms with van der Waals surface area (Å²) in [4.78, 5) is 36.9. The summed E-state index contributed by atoms with van der Waals surface area (Å²) >= 11 is 0. The van der Waals surface area contributed by atoms with Crippen molar-refractivity contribution in [3.63, 3.8) is 0 Å². The maximum atomic E-state index is 12.4. The summed E-state index contributed by atoms with van der Waals surface area (Å²) in [7, 11) is 0. The van der Waals surface area contributed by atoms with Crippen molar-refractivity contribution in [2.75, 3.05) is 11.9 Å². The van der Waals surface area contributed by atoms with E-state index in [9.17, 15) is 14.4 Å². The average Bonchev–Trinajstić information content (AvgIpc) is 2.68. The minimum atomic E-state index is -0.847. The molecule has 0 aromatic heterocycles. The first-order chi connectivity index (χ1) is 13.8. The first-order valence-electron chi connectivity index (χ1n) is 10.4. The third kappa shape index (κ3) is 7.07. The quantitative estimate of drug-likeness (QED) is 0.609. The van der Waals surface area contributed by atoms with Crippen molar-refractivity contribution < 1.29 is 19.1 Å². The van der Waals surface area contributed by atoms with Gasteiger partial charge in [-0.2, -0.15) is 0 Å². The zero-order valence-corrected chi connectivity index (χ0v) is 17.7. The highest BCUT2D eigenvalue weighted by Gasteiger charge is 2.29. The first kappa shape index (κ1) is 22.7. The van der Waals surface area contributed by atoms with Gasteiger partial charge in [-0.3, -0.25) is 4.79 Å². The van der Waals surface area contributed by atoms with E-state index in [1.54, 1.807) is 38.1 Å². The minimum Gasteiger partial charge on any atom is -0.454 e. The topological polar surface area (TPSA) is 96.5 Å². The normalized spacial score (nSPS) is 22.4. The number of urea groups is 1. The van der Waals surface area contributed by atoms with Gasteiger partial charge in [0.1, 0.15) is 6.04 Å².